The molecule has 5 nitrogen and oxygen atoms in total. The zero-order valence-electron chi connectivity index (χ0n) is 15.8. The van der Waals surface area contributed by atoms with E-state index in [1.807, 2.05) is 66.9 Å². The first-order valence-electron chi connectivity index (χ1n) is 9.00. The predicted octanol–water partition coefficient (Wildman–Crippen LogP) is 4.43. The van der Waals surface area contributed by atoms with Crippen LogP contribution in [0, 0.1) is 6.92 Å². The molecule has 1 atom stereocenters. The lowest BCUT2D eigenvalue weighted by Gasteiger charge is -2.17. The summed E-state index contributed by atoms with van der Waals surface area (Å²) in [5.41, 5.74) is 3.82. The number of nitrogens with one attached hydrogen (secondary N) is 1. The van der Waals surface area contributed by atoms with E-state index >= 15 is 0 Å². The second kappa shape index (κ2) is 9.28. The van der Waals surface area contributed by atoms with Gasteiger partial charge >= 0.3 is 5.97 Å². The second-order valence-electron chi connectivity index (χ2n) is 6.54. The zero-order chi connectivity index (χ0) is 19.9. The van der Waals surface area contributed by atoms with Crippen LogP contribution in [0.5, 0.6) is 0 Å². The predicted molar refractivity (Wildman–Crippen MR) is 110 cm³/mol. The molecule has 3 aromatic rings. The van der Waals surface area contributed by atoms with Gasteiger partial charge in [-0.2, -0.15) is 0 Å². The highest BCUT2D eigenvalue weighted by Crippen LogP contribution is 2.24. The lowest BCUT2D eigenvalue weighted by Crippen LogP contribution is -2.28. The number of amides is 1. The van der Waals surface area contributed by atoms with Crippen LogP contribution in [0.1, 0.15) is 36.2 Å². The maximum Gasteiger partial charge on any atom is 0.308 e. The summed E-state index contributed by atoms with van der Waals surface area (Å²) in [6, 6.07) is 17.1. The molecule has 0 fully saturated rings. The van der Waals surface area contributed by atoms with Gasteiger partial charge in [0.1, 0.15) is 11.6 Å². The molecule has 0 aliphatic carbocycles. The SMILES string of the molecule is CC(=O)N[C@@H](CC(=O)OCc1csc(-c2ccc(C)cc2)n1)c1ccccc1. The lowest BCUT2D eigenvalue weighted by atomic mass is 10.0. The largest absolute Gasteiger partial charge is 0.459 e. The van der Waals surface area contributed by atoms with Crippen LogP contribution in [-0.2, 0) is 20.9 Å². The Balaban J connectivity index is 1.58. The van der Waals surface area contributed by atoms with Gasteiger partial charge in [-0.05, 0) is 12.5 Å². The number of carbonyl (C=O) groups excluding carboxylic acids is 2. The number of aromatic nitrogens is 1. The molecule has 144 valence electrons. The number of aryl methyl sites for hydroxylation is 1. The Hall–Kier alpha value is -2.99. The fourth-order valence-electron chi connectivity index (χ4n) is 2.76. The second-order valence-corrected chi connectivity index (χ2v) is 7.40. The van der Waals surface area contributed by atoms with E-state index in [1.54, 1.807) is 0 Å². The molecule has 28 heavy (non-hydrogen) atoms. The van der Waals surface area contributed by atoms with Gasteiger partial charge in [0.25, 0.3) is 0 Å². The number of nitrogens with zero attached hydrogens (tertiary/aromatic N) is 1. The van der Waals surface area contributed by atoms with Gasteiger partial charge in [0, 0.05) is 17.9 Å². The van der Waals surface area contributed by atoms with Crippen LogP contribution in [0.2, 0.25) is 0 Å². The molecule has 1 N–H and O–H groups in total. The summed E-state index contributed by atoms with van der Waals surface area (Å²) in [6.45, 7) is 3.59. The number of rotatable bonds is 7. The zero-order valence-corrected chi connectivity index (χ0v) is 16.7. The lowest BCUT2D eigenvalue weighted by molar-refractivity contribution is -0.145. The van der Waals surface area contributed by atoms with Crippen LogP contribution in [0.4, 0.5) is 0 Å². The number of carbonyl (C=O) groups is 2. The summed E-state index contributed by atoms with van der Waals surface area (Å²) in [4.78, 5) is 28.3. The third-order valence-electron chi connectivity index (χ3n) is 4.18. The molecule has 1 heterocycles. The van der Waals surface area contributed by atoms with Crippen LogP contribution in [0.3, 0.4) is 0 Å². The number of ether oxygens (including phenoxy) is 1. The van der Waals surface area contributed by atoms with Crippen LogP contribution in [0.25, 0.3) is 10.6 Å². The smallest absolute Gasteiger partial charge is 0.308 e. The summed E-state index contributed by atoms with van der Waals surface area (Å²) in [6.07, 6.45) is 0.0680. The average Bonchev–Trinajstić information content (AvgIpc) is 3.16. The molecular weight excluding hydrogens is 372 g/mol. The highest BCUT2D eigenvalue weighted by atomic mass is 32.1. The van der Waals surface area contributed by atoms with Gasteiger partial charge in [0.15, 0.2) is 0 Å². The van der Waals surface area contributed by atoms with E-state index < -0.39 is 6.04 Å². The topological polar surface area (TPSA) is 68.3 Å². The number of esters is 1. The summed E-state index contributed by atoms with van der Waals surface area (Å²) in [5.74, 6) is -0.573. The van der Waals surface area contributed by atoms with Crippen LogP contribution in [0.15, 0.2) is 60.0 Å². The molecule has 0 saturated heterocycles. The minimum atomic E-state index is -0.412. The summed E-state index contributed by atoms with van der Waals surface area (Å²) in [7, 11) is 0. The maximum absolute atomic E-state index is 12.3. The summed E-state index contributed by atoms with van der Waals surface area (Å²) in [5, 5.41) is 5.59. The normalized spacial score (nSPS) is 11.6. The van der Waals surface area contributed by atoms with Crippen molar-refractivity contribution in [3.8, 4) is 10.6 Å². The van der Waals surface area contributed by atoms with E-state index in [-0.39, 0.29) is 24.9 Å². The molecule has 0 bridgehead atoms. The monoisotopic (exact) mass is 394 g/mol. The van der Waals surface area contributed by atoms with Gasteiger partial charge in [-0.25, -0.2) is 4.98 Å². The van der Waals surface area contributed by atoms with Crippen molar-refractivity contribution in [1.82, 2.24) is 10.3 Å². The van der Waals surface area contributed by atoms with Gasteiger partial charge in [-0.3, -0.25) is 9.59 Å². The van der Waals surface area contributed by atoms with Crippen molar-refractivity contribution in [2.45, 2.75) is 32.9 Å². The Morgan fingerprint density at radius 3 is 2.50 bits per heavy atom. The molecule has 0 aliphatic rings. The molecule has 0 aliphatic heterocycles. The molecule has 0 radical (unpaired) electrons. The molecule has 1 amide bonds. The summed E-state index contributed by atoms with van der Waals surface area (Å²) < 4.78 is 5.38. The van der Waals surface area contributed by atoms with E-state index in [2.05, 4.69) is 10.3 Å². The van der Waals surface area contributed by atoms with Gasteiger partial charge in [0.2, 0.25) is 5.91 Å². The van der Waals surface area contributed by atoms with Gasteiger partial charge in [-0.1, -0.05) is 60.2 Å². The van der Waals surface area contributed by atoms with Crippen molar-refractivity contribution in [3.63, 3.8) is 0 Å². The van der Waals surface area contributed by atoms with E-state index in [9.17, 15) is 9.59 Å². The molecule has 0 spiro atoms. The fraction of sp³-hybridized carbons (Fsp3) is 0.227. The first-order valence-corrected chi connectivity index (χ1v) is 9.88. The molecule has 0 saturated carbocycles. The first-order chi connectivity index (χ1) is 13.5. The van der Waals surface area contributed by atoms with Crippen LogP contribution >= 0.6 is 11.3 Å². The highest BCUT2D eigenvalue weighted by molar-refractivity contribution is 7.13. The van der Waals surface area contributed by atoms with Crippen molar-refractivity contribution in [2.75, 3.05) is 0 Å². The fourth-order valence-corrected chi connectivity index (χ4v) is 3.58. The van der Waals surface area contributed by atoms with Crippen molar-refractivity contribution in [1.29, 1.82) is 0 Å². The minimum Gasteiger partial charge on any atom is -0.459 e. The highest BCUT2D eigenvalue weighted by Gasteiger charge is 2.18. The Bertz CT molecular complexity index is 936. The Morgan fingerprint density at radius 2 is 1.82 bits per heavy atom. The molecule has 0 unspecified atom stereocenters. The van der Waals surface area contributed by atoms with Crippen LogP contribution < -0.4 is 5.32 Å². The third-order valence-corrected chi connectivity index (χ3v) is 5.12. The quantitative estimate of drug-likeness (QED) is 0.602. The van der Waals surface area contributed by atoms with Crippen molar-refractivity contribution < 1.29 is 14.3 Å². The van der Waals surface area contributed by atoms with E-state index in [1.165, 1.54) is 23.8 Å². The average molecular weight is 394 g/mol. The Kier molecular flexibility index (Phi) is 6.55. The standard InChI is InChI=1S/C22H22N2O3S/c1-15-8-10-18(11-9-15)22-24-19(14-28-22)13-27-21(26)12-20(23-16(2)25)17-6-4-3-5-7-17/h3-11,14,20H,12-13H2,1-2H3,(H,23,25)/t20-/m0/s1. The molecule has 6 heteroatoms. The number of hydrogen-bond donors (Lipinski definition) is 1. The van der Waals surface area contributed by atoms with E-state index in [4.69, 9.17) is 4.74 Å². The van der Waals surface area contributed by atoms with Gasteiger partial charge in [0.05, 0.1) is 18.2 Å². The third kappa shape index (κ3) is 5.50. The molecular formula is C22H22N2O3S. The maximum atomic E-state index is 12.3. The number of thiazole rings is 1. The molecule has 1 aromatic heterocycles. The van der Waals surface area contributed by atoms with Gasteiger partial charge < -0.3 is 10.1 Å². The number of benzene rings is 2. The van der Waals surface area contributed by atoms with E-state index in [0.29, 0.717) is 5.69 Å². The molecule has 2 aromatic carbocycles. The molecule has 3 rings (SSSR count). The first kappa shape index (κ1) is 19.8. The van der Waals surface area contributed by atoms with Gasteiger partial charge in [-0.15, -0.1) is 11.3 Å². The van der Waals surface area contributed by atoms with Crippen molar-refractivity contribution in [3.05, 3.63) is 76.8 Å². The van der Waals surface area contributed by atoms with E-state index in [0.717, 1.165) is 16.1 Å². The Morgan fingerprint density at radius 1 is 1.11 bits per heavy atom. The Labute approximate surface area is 168 Å². The van der Waals surface area contributed by atoms with Crippen LogP contribution in [-0.4, -0.2) is 16.9 Å². The number of hydrogen-bond acceptors (Lipinski definition) is 5. The van der Waals surface area contributed by atoms with Crippen molar-refractivity contribution >= 4 is 23.2 Å². The minimum absolute atomic E-state index is 0.0680. The van der Waals surface area contributed by atoms with Crippen molar-refractivity contribution in [2.24, 2.45) is 0 Å². The summed E-state index contributed by atoms with van der Waals surface area (Å²) >= 11 is 1.52.